The molecule has 34 heavy (non-hydrogen) atoms. The van der Waals surface area contributed by atoms with Crippen LogP contribution in [0.4, 0.5) is 5.69 Å². The first-order valence-corrected chi connectivity index (χ1v) is 11.6. The van der Waals surface area contributed by atoms with Crippen molar-refractivity contribution >= 4 is 34.3 Å². The van der Waals surface area contributed by atoms with Crippen LogP contribution in [0, 0.1) is 24.0 Å². The van der Waals surface area contributed by atoms with Gasteiger partial charge in [-0.25, -0.2) is 4.98 Å². The van der Waals surface area contributed by atoms with Crippen LogP contribution < -0.4 is 4.74 Å². The number of rotatable bonds is 9. The SMILES string of the molecule is C=CCn1c(C)cc(C(=O)CSc2nc3cc([N+](=O)[O-])ccc3n2-c2ccccc2OC)c1C. The van der Waals surface area contributed by atoms with E-state index in [1.807, 2.05) is 53.3 Å². The van der Waals surface area contributed by atoms with Crippen LogP contribution in [0.3, 0.4) is 0 Å². The van der Waals surface area contributed by atoms with E-state index in [4.69, 9.17) is 4.74 Å². The van der Waals surface area contributed by atoms with Crippen molar-refractivity contribution in [2.24, 2.45) is 0 Å². The number of carbonyl (C=O) groups is 1. The third-order valence-electron chi connectivity index (χ3n) is 5.66. The molecular weight excluding hydrogens is 452 g/mol. The first-order valence-electron chi connectivity index (χ1n) is 10.6. The van der Waals surface area contributed by atoms with E-state index in [1.165, 1.54) is 23.9 Å². The van der Waals surface area contributed by atoms with Crippen LogP contribution >= 0.6 is 11.8 Å². The summed E-state index contributed by atoms with van der Waals surface area (Å²) in [6.07, 6.45) is 1.80. The molecule has 0 aliphatic heterocycles. The van der Waals surface area contributed by atoms with Crippen LogP contribution in [-0.4, -0.2) is 37.7 Å². The van der Waals surface area contributed by atoms with Crippen molar-refractivity contribution in [3.05, 3.63) is 88.3 Å². The zero-order valence-electron chi connectivity index (χ0n) is 19.1. The highest BCUT2D eigenvalue weighted by molar-refractivity contribution is 7.99. The van der Waals surface area contributed by atoms with Gasteiger partial charge in [-0.2, -0.15) is 0 Å². The third kappa shape index (κ3) is 4.22. The number of aromatic nitrogens is 3. The molecular formula is C25H24N4O4S. The summed E-state index contributed by atoms with van der Waals surface area (Å²) in [4.78, 5) is 28.6. The predicted octanol–water partition coefficient (Wildman–Crippen LogP) is 5.52. The van der Waals surface area contributed by atoms with Gasteiger partial charge in [0.2, 0.25) is 0 Å². The molecule has 0 saturated carbocycles. The van der Waals surface area contributed by atoms with Crippen molar-refractivity contribution in [2.45, 2.75) is 25.5 Å². The van der Waals surface area contributed by atoms with E-state index in [0.717, 1.165) is 17.1 Å². The number of Topliss-reactive ketones (excluding diaryl/α,β-unsaturated/α-hetero) is 1. The normalized spacial score (nSPS) is 11.0. The zero-order chi connectivity index (χ0) is 24.4. The maximum absolute atomic E-state index is 13.1. The van der Waals surface area contributed by atoms with E-state index in [9.17, 15) is 14.9 Å². The van der Waals surface area contributed by atoms with E-state index in [1.54, 1.807) is 19.3 Å². The Hall–Kier alpha value is -3.85. The summed E-state index contributed by atoms with van der Waals surface area (Å²) in [5.74, 6) is 0.776. The van der Waals surface area contributed by atoms with Gasteiger partial charge in [0.1, 0.15) is 5.75 Å². The minimum atomic E-state index is -0.448. The number of imidazole rings is 1. The van der Waals surface area contributed by atoms with Crippen LogP contribution in [0.5, 0.6) is 5.75 Å². The molecule has 0 N–H and O–H groups in total. The first kappa shape index (κ1) is 23.3. The number of hydrogen-bond donors (Lipinski definition) is 0. The number of nitrogens with zero attached hydrogens (tertiary/aromatic N) is 4. The molecule has 0 amide bonds. The zero-order valence-corrected chi connectivity index (χ0v) is 20.0. The second kappa shape index (κ2) is 9.56. The van der Waals surface area contributed by atoms with Gasteiger partial charge in [-0.3, -0.25) is 19.5 Å². The van der Waals surface area contributed by atoms with Gasteiger partial charge in [-0.15, -0.1) is 6.58 Å². The average molecular weight is 477 g/mol. The quantitative estimate of drug-likeness (QED) is 0.104. The first-order chi connectivity index (χ1) is 16.3. The Labute approximate surface area is 201 Å². The van der Waals surface area contributed by atoms with Crippen molar-refractivity contribution in [3.63, 3.8) is 0 Å². The molecule has 4 aromatic rings. The lowest BCUT2D eigenvalue weighted by molar-refractivity contribution is -0.384. The summed E-state index contributed by atoms with van der Waals surface area (Å²) in [5, 5.41) is 11.8. The van der Waals surface area contributed by atoms with Gasteiger partial charge >= 0.3 is 0 Å². The molecule has 9 heteroatoms. The fourth-order valence-corrected chi connectivity index (χ4v) is 4.91. The number of benzene rings is 2. The number of aryl methyl sites for hydroxylation is 1. The number of ketones is 1. The summed E-state index contributed by atoms with van der Waals surface area (Å²) in [5.41, 5.74) is 4.42. The molecule has 0 aliphatic rings. The Morgan fingerprint density at radius 3 is 2.71 bits per heavy atom. The number of non-ortho nitro benzene ring substituents is 1. The van der Waals surface area contributed by atoms with E-state index in [0.29, 0.717) is 34.0 Å². The summed E-state index contributed by atoms with van der Waals surface area (Å²) in [6.45, 7) is 8.32. The van der Waals surface area contributed by atoms with Gasteiger partial charge in [0.05, 0.1) is 34.5 Å². The monoisotopic (exact) mass is 476 g/mol. The summed E-state index contributed by atoms with van der Waals surface area (Å²) in [6, 6.07) is 13.9. The number of fused-ring (bicyclic) bond motifs is 1. The summed E-state index contributed by atoms with van der Waals surface area (Å²) >= 11 is 1.29. The minimum Gasteiger partial charge on any atom is -0.495 e. The van der Waals surface area contributed by atoms with E-state index in [-0.39, 0.29) is 17.2 Å². The van der Waals surface area contributed by atoms with Crippen molar-refractivity contribution < 1.29 is 14.5 Å². The number of nitro groups is 1. The molecule has 0 unspecified atom stereocenters. The van der Waals surface area contributed by atoms with Crippen LogP contribution in [0.15, 0.2) is 66.3 Å². The number of thioether (sulfide) groups is 1. The number of ether oxygens (including phenoxy) is 1. The number of nitro benzene ring substituents is 1. The van der Waals surface area contributed by atoms with E-state index >= 15 is 0 Å². The fourth-order valence-electron chi connectivity index (χ4n) is 4.01. The van der Waals surface area contributed by atoms with Gasteiger partial charge in [-0.05, 0) is 38.1 Å². The molecule has 0 fully saturated rings. The molecule has 0 atom stereocenters. The maximum atomic E-state index is 13.1. The van der Waals surface area contributed by atoms with Crippen molar-refractivity contribution in [1.82, 2.24) is 14.1 Å². The molecule has 8 nitrogen and oxygen atoms in total. The average Bonchev–Trinajstić information content (AvgIpc) is 3.34. The third-order valence-corrected chi connectivity index (χ3v) is 6.60. The van der Waals surface area contributed by atoms with Gasteiger partial charge < -0.3 is 9.30 Å². The molecule has 0 saturated heterocycles. The Kier molecular flexibility index (Phi) is 6.56. The van der Waals surface area contributed by atoms with Crippen LogP contribution in [0.25, 0.3) is 16.7 Å². The molecule has 174 valence electrons. The molecule has 0 bridgehead atoms. The van der Waals surface area contributed by atoms with Gasteiger partial charge in [-0.1, -0.05) is 30.0 Å². The second-order valence-electron chi connectivity index (χ2n) is 7.73. The Morgan fingerprint density at radius 2 is 2.00 bits per heavy atom. The number of methoxy groups -OCH3 is 1. The number of allylic oxidation sites excluding steroid dienone is 1. The molecule has 2 aromatic heterocycles. The Bertz CT molecular complexity index is 1420. The van der Waals surface area contributed by atoms with Crippen LogP contribution in [0.1, 0.15) is 21.7 Å². The predicted molar refractivity (Wildman–Crippen MR) is 133 cm³/mol. The Balaban J connectivity index is 1.75. The van der Waals surface area contributed by atoms with E-state index < -0.39 is 4.92 Å². The number of para-hydroxylation sites is 2. The lowest BCUT2D eigenvalue weighted by Gasteiger charge is -2.13. The molecule has 4 rings (SSSR count). The molecule has 0 radical (unpaired) electrons. The molecule has 2 aromatic carbocycles. The minimum absolute atomic E-state index is 0.0157. The molecule has 0 spiro atoms. The summed E-state index contributed by atoms with van der Waals surface area (Å²) in [7, 11) is 1.58. The summed E-state index contributed by atoms with van der Waals surface area (Å²) < 4.78 is 9.46. The van der Waals surface area contributed by atoms with Crippen LogP contribution in [-0.2, 0) is 6.54 Å². The highest BCUT2D eigenvalue weighted by atomic mass is 32.2. The standard InChI is InChI=1S/C25H24N4O4S/c1-5-12-27-16(2)13-19(17(27)3)23(30)15-34-25-26-20-14-18(29(31)32)10-11-21(20)28(25)22-8-6-7-9-24(22)33-4/h5-11,13-14H,1,12,15H2,2-4H3. The van der Waals surface area contributed by atoms with Gasteiger partial charge in [0.25, 0.3) is 5.69 Å². The van der Waals surface area contributed by atoms with E-state index in [2.05, 4.69) is 11.6 Å². The van der Waals surface area contributed by atoms with Gasteiger partial charge in [0, 0.05) is 35.6 Å². The van der Waals surface area contributed by atoms with Crippen LogP contribution in [0.2, 0.25) is 0 Å². The highest BCUT2D eigenvalue weighted by Crippen LogP contribution is 2.34. The Morgan fingerprint density at radius 1 is 1.24 bits per heavy atom. The number of carbonyl (C=O) groups excluding carboxylic acids is 1. The van der Waals surface area contributed by atoms with Crippen molar-refractivity contribution in [1.29, 1.82) is 0 Å². The van der Waals surface area contributed by atoms with Gasteiger partial charge in [0.15, 0.2) is 10.9 Å². The second-order valence-corrected chi connectivity index (χ2v) is 8.67. The van der Waals surface area contributed by atoms with Crippen molar-refractivity contribution in [2.75, 3.05) is 12.9 Å². The number of hydrogen-bond acceptors (Lipinski definition) is 6. The topological polar surface area (TPSA) is 92.2 Å². The lowest BCUT2D eigenvalue weighted by atomic mass is 10.2. The smallest absolute Gasteiger partial charge is 0.271 e. The maximum Gasteiger partial charge on any atom is 0.271 e. The molecule has 0 aliphatic carbocycles. The van der Waals surface area contributed by atoms with Crippen molar-refractivity contribution in [3.8, 4) is 11.4 Å². The largest absolute Gasteiger partial charge is 0.495 e. The molecule has 2 heterocycles. The fraction of sp³-hybridized carbons (Fsp3) is 0.200. The lowest BCUT2D eigenvalue weighted by Crippen LogP contribution is -2.07. The highest BCUT2D eigenvalue weighted by Gasteiger charge is 2.21.